The van der Waals surface area contributed by atoms with E-state index in [-0.39, 0.29) is 5.92 Å². The van der Waals surface area contributed by atoms with Crippen molar-refractivity contribution in [2.24, 2.45) is 5.92 Å². The van der Waals surface area contributed by atoms with Crippen molar-refractivity contribution in [3.63, 3.8) is 0 Å². The molecule has 1 aliphatic rings. The SMILES string of the molecule is COc1ccccc1C(C)(O)C1CCOCC1. The van der Waals surface area contributed by atoms with Crippen LogP contribution in [-0.2, 0) is 10.3 Å². The molecule has 1 atom stereocenters. The van der Waals surface area contributed by atoms with Gasteiger partial charge < -0.3 is 14.6 Å². The Morgan fingerprint density at radius 2 is 1.94 bits per heavy atom. The molecule has 3 nitrogen and oxygen atoms in total. The molecule has 3 heteroatoms. The van der Waals surface area contributed by atoms with Crippen LogP contribution >= 0.6 is 0 Å². The van der Waals surface area contributed by atoms with Gasteiger partial charge in [0.15, 0.2) is 0 Å². The summed E-state index contributed by atoms with van der Waals surface area (Å²) in [6, 6.07) is 7.69. The van der Waals surface area contributed by atoms with Crippen LogP contribution in [0.1, 0.15) is 25.3 Å². The lowest BCUT2D eigenvalue weighted by molar-refractivity contribution is -0.0590. The molecule has 0 radical (unpaired) electrons. The first-order valence-electron chi connectivity index (χ1n) is 6.10. The summed E-state index contributed by atoms with van der Waals surface area (Å²) in [6.45, 7) is 3.34. The maximum absolute atomic E-state index is 10.8. The third kappa shape index (κ3) is 2.45. The predicted octanol–water partition coefficient (Wildman–Crippen LogP) is 2.33. The molecule has 17 heavy (non-hydrogen) atoms. The summed E-state index contributed by atoms with van der Waals surface area (Å²) in [5, 5.41) is 10.8. The number of benzene rings is 1. The van der Waals surface area contributed by atoms with Crippen molar-refractivity contribution in [1.29, 1.82) is 0 Å². The summed E-state index contributed by atoms with van der Waals surface area (Å²) < 4.78 is 10.7. The highest BCUT2D eigenvalue weighted by Crippen LogP contribution is 2.39. The van der Waals surface area contributed by atoms with E-state index >= 15 is 0 Å². The van der Waals surface area contributed by atoms with Gasteiger partial charge >= 0.3 is 0 Å². The number of aliphatic hydroxyl groups is 1. The summed E-state index contributed by atoms with van der Waals surface area (Å²) >= 11 is 0. The number of hydrogen-bond acceptors (Lipinski definition) is 3. The lowest BCUT2D eigenvalue weighted by atomic mass is 9.78. The van der Waals surface area contributed by atoms with Gasteiger partial charge in [0.1, 0.15) is 5.75 Å². The lowest BCUT2D eigenvalue weighted by Gasteiger charge is -2.36. The quantitative estimate of drug-likeness (QED) is 0.875. The van der Waals surface area contributed by atoms with Crippen LogP contribution in [0.15, 0.2) is 24.3 Å². The number of methoxy groups -OCH3 is 1. The molecule has 0 saturated carbocycles. The van der Waals surface area contributed by atoms with Crippen molar-refractivity contribution in [3.8, 4) is 5.75 Å². The molecule has 1 N–H and O–H groups in total. The minimum absolute atomic E-state index is 0.229. The van der Waals surface area contributed by atoms with Gasteiger partial charge in [0.25, 0.3) is 0 Å². The highest BCUT2D eigenvalue weighted by molar-refractivity contribution is 5.38. The van der Waals surface area contributed by atoms with E-state index in [0.717, 1.165) is 37.4 Å². The van der Waals surface area contributed by atoms with Crippen LogP contribution in [0.4, 0.5) is 0 Å². The second-order valence-corrected chi connectivity index (χ2v) is 4.73. The van der Waals surface area contributed by atoms with E-state index in [9.17, 15) is 5.11 Å². The van der Waals surface area contributed by atoms with Gasteiger partial charge in [-0.25, -0.2) is 0 Å². The summed E-state index contributed by atoms with van der Waals surface area (Å²) in [6.07, 6.45) is 1.79. The van der Waals surface area contributed by atoms with Crippen molar-refractivity contribution < 1.29 is 14.6 Å². The molecule has 0 amide bonds. The van der Waals surface area contributed by atoms with E-state index in [4.69, 9.17) is 9.47 Å². The lowest BCUT2D eigenvalue weighted by Crippen LogP contribution is -2.36. The molecule has 0 spiro atoms. The summed E-state index contributed by atoms with van der Waals surface area (Å²) in [5.74, 6) is 0.983. The molecular formula is C14H20O3. The highest BCUT2D eigenvalue weighted by Gasteiger charge is 2.36. The van der Waals surface area contributed by atoms with Gasteiger partial charge in [-0.3, -0.25) is 0 Å². The molecule has 1 aromatic rings. The fraction of sp³-hybridized carbons (Fsp3) is 0.571. The van der Waals surface area contributed by atoms with Crippen LogP contribution in [-0.4, -0.2) is 25.4 Å². The Morgan fingerprint density at radius 1 is 1.29 bits per heavy atom. The van der Waals surface area contributed by atoms with Gasteiger partial charge in [0.2, 0.25) is 0 Å². The van der Waals surface area contributed by atoms with E-state index in [0.29, 0.717) is 0 Å². The molecular weight excluding hydrogens is 216 g/mol. The molecule has 0 aromatic heterocycles. The summed E-state index contributed by atoms with van der Waals surface area (Å²) in [4.78, 5) is 0. The van der Waals surface area contributed by atoms with Gasteiger partial charge in [0.05, 0.1) is 12.7 Å². The third-order valence-corrected chi connectivity index (χ3v) is 3.67. The van der Waals surface area contributed by atoms with Gasteiger partial charge in [0, 0.05) is 18.8 Å². The number of ether oxygens (including phenoxy) is 2. The molecule has 1 aromatic carbocycles. The average Bonchev–Trinajstić information content (AvgIpc) is 2.39. The van der Waals surface area contributed by atoms with Gasteiger partial charge in [-0.2, -0.15) is 0 Å². The largest absolute Gasteiger partial charge is 0.496 e. The Labute approximate surface area is 102 Å². The zero-order valence-corrected chi connectivity index (χ0v) is 10.5. The van der Waals surface area contributed by atoms with E-state index in [1.54, 1.807) is 7.11 Å². The van der Waals surface area contributed by atoms with Gasteiger partial charge in [-0.15, -0.1) is 0 Å². The number of para-hydroxylation sites is 1. The molecule has 1 unspecified atom stereocenters. The molecule has 1 saturated heterocycles. The minimum atomic E-state index is -0.851. The maximum Gasteiger partial charge on any atom is 0.124 e. The zero-order chi connectivity index (χ0) is 12.3. The fourth-order valence-electron chi connectivity index (χ4n) is 2.54. The monoisotopic (exact) mass is 236 g/mol. The topological polar surface area (TPSA) is 38.7 Å². The van der Waals surface area contributed by atoms with E-state index in [1.807, 2.05) is 31.2 Å². The normalized spacial score (nSPS) is 20.9. The molecule has 1 fully saturated rings. The van der Waals surface area contributed by atoms with Crippen LogP contribution in [0, 0.1) is 5.92 Å². The Balaban J connectivity index is 2.29. The van der Waals surface area contributed by atoms with E-state index < -0.39 is 5.60 Å². The smallest absolute Gasteiger partial charge is 0.124 e. The van der Waals surface area contributed by atoms with Crippen LogP contribution < -0.4 is 4.74 Å². The molecule has 0 aliphatic carbocycles. The van der Waals surface area contributed by atoms with E-state index in [1.165, 1.54) is 0 Å². The minimum Gasteiger partial charge on any atom is -0.496 e. The Bertz CT molecular complexity index is 367. The average molecular weight is 236 g/mol. The molecule has 2 rings (SSSR count). The number of hydrogen-bond donors (Lipinski definition) is 1. The van der Waals surface area contributed by atoms with E-state index in [2.05, 4.69) is 0 Å². The Morgan fingerprint density at radius 3 is 2.59 bits per heavy atom. The van der Waals surface area contributed by atoms with Crippen LogP contribution in [0.25, 0.3) is 0 Å². The van der Waals surface area contributed by atoms with Crippen molar-refractivity contribution in [3.05, 3.63) is 29.8 Å². The summed E-state index contributed by atoms with van der Waals surface area (Å²) in [7, 11) is 1.64. The highest BCUT2D eigenvalue weighted by atomic mass is 16.5. The van der Waals surface area contributed by atoms with Crippen LogP contribution in [0.2, 0.25) is 0 Å². The van der Waals surface area contributed by atoms with Crippen molar-refractivity contribution in [1.82, 2.24) is 0 Å². The van der Waals surface area contributed by atoms with Crippen molar-refractivity contribution in [2.45, 2.75) is 25.4 Å². The maximum atomic E-state index is 10.8. The first-order valence-corrected chi connectivity index (χ1v) is 6.10. The standard InChI is InChI=1S/C14H20O3/c1-14(15,11-7-9-17-10-8-11)12-5-3-4-6-13(12)16-2/h3-6,11,15H,7-10H2,1-2H3. The van der Waals surface area contributed by atoms with Crippen molar-refractivity contribution >= 4 is 0 Å². The van der Waals surface area contributed by atoms with Gasteiger partial charge in [-0.1, -0.05) is 18.2 Å². The Hall–Kier alpha value is -1.06. The first kappa shape index (κ1) is 12.4. The molecule has 0 bridgehead atoms. The summed E-state index contributed by atoms with van der Waals surface area (Å²) in [5.41, 5.74) is 0.0190. The number of rotatable bonds is 3. The van der Waals surface area contributed by atoms with Gasteiger partial charge in [-0.05, 0) is 31.7 Å². The predicted molar refractivity (Wildman–Crippen MR) is 66.1 cm³/mol. The molecule has 94 valence electrons. The zero-order valence-electron chi connectivity index (χ0n) is 10.5. The van der Waals surface area contributed by atoms with Crippen molar-refractivity contribution in [2.75, 3.05) is 20.3 Å². The molecule has 1 aliphatic heterocycles. The van der Waals surface area contributed by atoms with Crippen LogP contribution in [0.5, 0.6) is 5.75 Å². The third-order valence-electron chi connectivity index (χ3n) is 3.67. The second kappa shape index (κ2) is 5.07. The van der Waals surface area contributed by atoms with Crippen LogP contribution in [0.3, 0.4) is 0 Å². The fourth-order valence-corrected chi connectivity index (χ4v) is 2.54. The Kier molecular flexibility index (Phi) is 3.69. The molecule has 1 heterocycles. The second-order valence-electron chi connectivity index (χ2n) is 4.73. The first-order chi connectivity index (χ1) is 8.16.